The first kappa shape index (κ1) is 16.8. The van der Waals surface area contributed by atoms with Gasteiger partial charge in [-0.25, -0.2) is 4.79 Å². The Kier molecular flexibility index (Phi) is 4.11. The van der Waals surface area contributed by atoms with Crippen LogP contribution in [0.15, 0.2) is 41.1 Å². The third kappa shape index (κ3) is 3.26. The summed E-state index contributed by atoms with van der Waals surface area (Å²) in [5.41, 5.74) is 1.89. The lowest BCUT2D eigenvalue weighted by Gasteiger charge is -2.12. The second-order valence-electron chi connectivity index (χ2n) is 6.36. The first-order chi connectivity index (χ1) is 13.0. The molecule has 3 heterocycles. The quantitative estimate of drug-likeness (QED) is 0.591. The molecule has 0 unspecified atom stereocenters. The van der Waals surface area contributed by atoms with E-state index >= 15 is 0 Å². The van der Waals surface area contributed by atoms with Crippen molar-refractivity contribution in [1.82, 2.24) is 20.4 Å². The summed E-state index contributed by atoms with van der Waals surface area (Å²) in [5.74, 6) is -0.185. The molecule has 9 heteroatoms. The minimum absolute atomic E-state index is 0.236. The predicted molar refractivity (Wildman–Crippen MR) is 95.9 cm³/mol. The molecular weight excluding hydrogens is 350 g/mol. The molecule has 0 bridgehead atoms. The van der Waals surface area contributed by atoms with E-state index in [2.05, 4.69) is 20.8 Å². The molecule has 1 aliphatic rings. The Hall–Kier alpha value is -3.62. The second kappa shape index (κ2) is 6.60. The number of urea groups is 1. The highest BCUT2D eigenvalue weighted by Gasteiger charge is 2.39. The van der Waals surface area contributed by atoms with E-state index in [1.54, 1.807) is 13.0 Å². The van der Waals surface area contributed by atoms with Gasteiger partial charge in [-0.1, -0.05) is 23.4 Å². The molecule has 0 radical (unpaired) electrons. The van der Waals surface area contributed by atoms with E-state index in [0.29, 0.717) is 12.2 Å². The van der Waals surface area contributed by atoms with E-state index in [9.17, 15) is 14.4 Å². The van der Waals surface area contributed by atoms with E-state index in [1.165, 1.54) is 0 Å². The van der Waals surface area contributed by atoms with Gasteiger partial charge in [0.05, 0.1) is 0 Å². The molecule has 138 valence electrons. The Balaban J connectivity index is 1.43. The Morgan fingerprint density at radius 1 is 1.33 bits per heavy atom. The Bertz CT molecular complexity index is 1040. The number of hydrogen-bond acceptors (Lipinski definition) is 5. The molecule has 27 heavy (non-hydrogen) atoms. The van der Waals surface area contributed by atoms with Gasteiger partial charge in [0.2, 0.25) is 5.91 Å². The number of rotatable bonds is 5. The molecule has 2 aromatic heterocycles. The van der Waals surface area contributed by atoms with E-state index in [4.69, 9.17) is 4.52 Å². The van der Waals surface area contributed by atoms with Crippen LogP contribution in [0.1, 0.15) is 11.3 Å². The maximum absolute atomic E-state index is 12.6. The lowest BCUT2D eigenvalue weighted by molar-refractivity contribution is -0.130. The standard InChI is InChI=1S/C18H17N5O4/c1-10-6-15(22-27-10)21-16(24)9-23-17(25)14(20-18(23)26)7-11-8-19-13-5-3-2-4-12(11)13/h2-6,8,14,19H,7,9H2,1H3,(H,20,26)(H,21,22,24)/t14-/m0/s1. The zero-order valence-corrected chi connectivity index (χ0v) is 14.5. The number of imide groups is 1. The maximum Gasteiger partial charge on any atom is 0.325 e. The minimum Gasteiger partial charge on any atom is -0.361 e. The van der Waals surface area contributed by atoms with Crippen molar-refractivity contribution in [1.29, 1.82) is 0 Å². The molecule has 4 rings (SSSR count). The highest BCUT2D eigenvalue weighted by Crippen LogP contribution is 2.21. The third-order valence-corrected chi connectivity index (χ3v) is 4.40. The van der Waals surface area contributed by atoms with Gasteiger partial charge < -0.3 is 20.1 Å². The molecule has 1 fully saturated rings. The third-order valence-electron chi connectivity index (χ3n) is 4.40. The number of aryl methyl sites for hydroxylation is 1. The van der Waals surface area contributed by atoms with Crippen LogP contribution >= 0.6 is 0 Å². The van der Waals surface area contributed by atoms with Crippen molar-refractivity contribution in [3.63, 3.8) is 0 Å². The van der Waals surface area contributed by atoms with Gasteiger partial charge in [0, 0.05) is 29.6 Å². The largest absolute Gasteiger partial charge is 0.361 e. The van der Waals surface area contributed by atoms with Gasteiger partial charge in [0.1, 0.15) is 18.3 Å². The number of nitrogens with zero attached hydrogens (tertiary/aromatic N) is 2. The summed E-state index contributed by atoms with van der Waals surface area (Å²) in [5, 5.41) is 9.78. The SMILES string of the molecule is Cc1cc(NC(=O)CN2C(=O)N[C@@H](Cc3c[nH]c4ccccc34)C2=O)no1. The van der Waals surface area contributed by atoms with E-state index in [-0.39, 0.29) is 12.4 Å². The molecule has 9 nitrogen and oxygen atoms in total. The van der Waals surface area contributed by atoms with Crippen molar-refractivity contribution in [2.45, 2.75) is 19.4 Å². The summed E-state index contributed by atoms with van der Waals surface area (Å²) in [6.45, 7) is 1.30. The van der Waals surface area contributed by atoms with E-state index in [0.717, 1.165) is 21.4 Å². The lowest BCUT2D eigenvalue weighted by atomic mass is 10.1. The highest BCUT2D eigenvalue weighted by atomic mass is 16.5. The summed E-state index contributed by atoms with van der Waals surface area (Å²) < 4.78 is 4.86. The number of para-hydroxylation sites is 1. The summed E-state index contributed by atoms with van der Waals surface area (Å²) in [7, 11) is 0. The van der Waals surface area contributed by atoms with Crippen LogP contribution < -0.4 is 10.6 Å². The van der Waals surface area contributed by atoms with Crippen molar-refractivity contribution in [2.24, 2.45) is 0 Å². The minimum atomic E-state index is -0.709. The number of H-pyrrole nitrogens is 1. The maximum atomic E-state index is 12.6. The zero-order valence-electron chi connectivity index (χ0n) is 14.5. The first-order valence-electron chi connectivity index (χ1n) is 8.41. The molecule has 0 saturated carbocycles. The second-order valence-corrected chi connectivity index (χ2v) is 6.36. The van der Waals surface area contributed by atoms with Crippen molar-refractivity contribution in [3.8, 4) is 0 Å². The molecule has 1 aliphatic heterocycles. The summed E-state index contributed by atoms with van der Waals surface area (Å²) >= 11 is 0. The van der Waals surface area contributed by atoms with E-state index < -0.39 is 23.9 Å². The van der Waals surface area contributed by atoms with Gasteiger partial charge in [0.25, 0.3) is 5.91 Å². The number of hydrogen-bond donors (Lipinski definition) is 3. The Morgan fingerprint density at radius 3 is 2.93 bits per heavy atom. The summed E-state index contributed by atoms with van der Waals surface area (Å²) in [4.78, 5) is 40.9. The van der Waals surface area contributed by atoms with Crippen LogP contribution in [0.4, 0.5) is 10.6 Å². The van der Waals surface area contributed by atoms with Gasteiger partial charge in [-0.2, -0.15) is 0 Å². The average Bonchev–Trinajstić information content (AvgIpc) is 3.31. The normalized spacial score (nSPS) is 16.8. The number of anilines is 1. The molecule has 3 N–H and O–H groups in total. The van der Waals surface area contributed by atoms with Crippen LogP contribution in [0.2, 0.25) is 0 Å². The molecule has 3 aromatic rings. The van der Waals surface area contributed by atoms with Crippen LogP contribution in [-0.2, 0) is 16.0 Å². The molecular formula is C18H17N5O4. The van der Waals surface area contributed by atoms with Crippen LogP contribution in [0.5, 0.6) is 0 Å². The number of aromatic amines is 1. The smallest absolute Gasteiger partial charge is 0.325 e. The van der Waals surface area contributed by atoms with Crippen molar-refractivity contribution in [3.05, 3.63) is 47.9 Å². The lowest BCUT2D eigenvalue weighted by Crippen LogP contribution is -2.38. The summed E-state index contributed by atoms with van der Waals surface area (Å²) in [6, 6.07) is 7.97. The van der Waals surface area contributed by atoms with Gasteiger partial charge in [0.15, 0.2) is 5.82 Å². The van der Waals surface area contributed by atoms with Crippen LogP contribution in [0, 0.1) is 6.92 Å². The van der Waals surface area contributed by atoms with Crippen LogP contribution in [0.25, 0.3) is 10.9 Å². The highest BCUT2D eigenvalue weighted by molar-refractivity contribution is 6.08. The average molecular weight is 367 g/mol. The van der Waals surface area contributed by atoms with Crippen LogP contribution in [-0.4, -0.2) is 45.5 Å². The fourth-order valence-electron chi connectivity index (χ4n) is 3.14. The van der Waals surface area contributed by atoms with E-state index in [1.807, 2.05) is 30.5 Å². The number of carbonyl (C=O) groups excluding carboxylic acids is 3. The van der Waals surface area contributed by atoms with Gasteiger partial charge in [-0.3, -0.25) is 14.5 Å². The molecule has 1 aromatic carbocycles. The Labute approximate surface area is 153 Å². The fraction of sp³-hybridized carbons (Fsp3) is 0.222. The van der Waals surface area contributed by atoms with Crippen molar-refractivity contribution in [2.75, 3.05) is 11.9 Å². The number of nitrogens with one attached hydrogen (secondary N) is 3. The number of carbonyl (C=O) groups is 3. The summed E-state index contributed by atoms with van der Waals surface area (Å²) in [6.07, 6.45) is 2.17. The number of benzene rings is 1. The monoisotopic (exact) mass is 367 g/mol. The molecule has 0 aliphatic carbocycles. The molecule has 1 atom stereocenters. The number of amides is 4. The van der Waals surface area contributed by atoms with Crippen LogP contribution in [0.3, 0.4) is 0 Å². The number of fused-ring (bicyclic) bond motifs is 1. The zero-order chi connectivity index (χ0) is 19.0. The predicted octanol–water partition coefficient (Wildman–Crippen LogP) is 1.57. The number of aromatic nitrogens is 2. The van der Waals surface area contributed by atoms with Crippen molar-refractivity contribution >= 4 is 34.6 Å². The van der Waals surface area contributed by atoms with Crippen molar-refractivity contribution < 1.29 is 18.9 Å². The molecule has 1 saturated heterocycles. The Morgan fingerprint density at radius 2 is 2.15 bits per heavy atom. The first-order valence-corrected chi connectivity index (χ1v) is 8.41. The van der Waals surface area contributed by atoms with Gasteiger partial charge >= 0.3 is 6.03 Å². The fourth-order valence-corrected chi connectivity index (χ4v) is 3.14. The molecule has 0 spiro atoms. The van der Waals surface area contributed by atoms with Gasteiger partial charge in [-0.05, 0) is 18.6 Å². The van der Waals surface area contributed by atoms with Gasteiger partial charge in [-0.15, -0.1) is 0 Å². The molecule has 4 amide bonds. The topological polar surface area (TPSA) is 120 Å².